The fourth-order valence-electron chi connectivity index (χ4n) is 3.15. The molecular formula is C17H15F3N4O2. The fourth-order valence-corrected chi connectivity index (χ4v) is 3.15. The van der Waals surface area contributed by atoms with Crippen LogP contribution in [0.15, 0.2) is 42.9 Å². The van der Waals surface area contributed by atoms with E-state index < -0.39 is 12.5 Å². The number of rotatable bonds is 3. The third kappa shape index (κ3) is 3.05. The molecule has 26 heavy (non-hydrogen) atoms. The Kier molecular flexibility index (Phi) is 3.95. The van der Waals surface area contributed by atoms with Crippen LogP contribution in [0.5, 0.6) is 5.75 Å². The minimum atomic E-state index is -4.78. The number of nitrogens with zero attached hydrogens (tertiary/aromatic N) is 4. The molecule has 6 nitrogen and oxygen atoms in total. The number of anilines is 1. The highest BCUT2D eigenvalue weighted by atomic mass is 19.4. The molecule has 1 atom stereocenters. The summed E-state index contributed by atoms with van der Waals surface area (Å²) in [6, 6.07) is 5.93. The van der Waals surface area contributed by atoms with Crippen LogP contribution in [-0.4, -0.2) is 45.0 Å². The number of imidazole rings is 1. The molecule has 136 valence electrons. The Bertz CT molecular complexity index is 941. The summed E-state index contributed by atoms with van der Waals surface area (Å²) in [4.78, 5) is 10.6. The molecule has 1 fully saturated rings. The number of fused-ring (bicyclic) bond motifs is 1. The van der Waals surface area contributed by atoms with Gasteiger partial charge in [0.05, 0.1) is 18.0 Å². The number of alkyl halides is 3. The molecule has 9 heteroatoms. The van der Waals surface area contributed by atoms with Crippen LogP contribution in [-0.2, 0) is 0 Å². The molecule has 1 aromatic carbocycles. The van der Waals surface area contributed by atoms with Crippen molar-refractivity contribution in [2.24, 2.45) is 0 Å². The first kappa shape index (κ1) is 16.6. The molecule has 0 spiro atoms. The van der Waals surface area contributed by atoms with Crippen molar-refractivity contribution < 1.29 is 23.0 Å². The van der Waals surface area contributed by atoms with Crippen molar-refractivity contribution in [1.82, 2.24) is 14.4 Å². The third-order valence-electron chi connectivity index (χ3n) is 4.26. The molecule has 0 radical (unpaired) electrons. The van der Waals surface area contributed by atoms with E-state index in [-0.39, 0.29) is 11.3 Å². The lowest BCUT2D eigenvalue weighted by atomic mass is 10.1. The van der Waals surface area contributed by atoms with E-state index in [1.54, 1.807) is 28.9 Å². The Hall–Kier alpha value is -2.81. The summed E-state index contributed by atoms with van der Waals surface area (Å²) >= 11 is 0. The SMILES string of the molecule is OC1CCN(c2nccn3c(-c4ccccc4OC(F)(F)F)cnc23)C1. The number of β-amino-alcohol motifs (C(OH)–C–C–N with tert-alkyl or cyclic N) is 1. The topological polar surface area (TPSA) is 62.9 Å². The van der Waals surface area contributed by atoms with Crippen molar-refractivity contribution in [3.05, 3.63) is 42.9 Å². The van der Waals surface area contributed by atoms with E-state index >= 15 is 0 Å². The molecule has 1 saturated heterocycles. The predicted molar refractivity (Wildman–Crippen MR) is 87.9 cm³/mol. The van der Waals surface area contributed by atoms with Gasteiger partial charge in [0, 0.05) is 31.0 Å². The lowest BCUT2D eigenvalue weighted by Gasteiger charge is -2.17. The summed E-state index contributed by atoms with van der Waals surface area (Å²) in [5.74, 6) is 0.293. The quantitative estimate of drug-likeness (QED) is 0.774. The van der Waals surface area contributed by atoms with E-state index in [0.717, 1.165) is 0 Å². The van der Waals surface area contributed by atoms with Crippen molar-refractivity contribution in [2.75, 3.05) is 18.0 Å². The minimum Gasteiger partial charge on any atom is -0.405 e. The summed E-state index contributed by atoms with van der Waals surface area (Å²) in [7, 11) is 0. The predicted octanol–water partition coefficient (Wildman–Crippen LogP) is 2.87. The summed E-state index contributed by atoms with van der Waals surface area (Å²) in [6.45, 7) is 1.09. The molecule has 1 aliphatic heterocycles. The van der Waals surface area contributed by atoms with Crippen LogP contribution < -0.4 is 9.64 Å². The standard InChI is InChI=1S/C17H15F3N4O2/c18-17(19,20)26-14-4-2-1-3-12(14)13-9-22-16-15(21-6-8-24(13)16)23-7-5-11(25)10-23/h1-4,6,8-9,11,25H,5,7,10H2. The number of aliphatic hydroxyl groups is 1. The third-order valence-corrected chi connectivity index (χ3v) is 4.26. The maximum absolute atomic E-state index is 12.7. The van der Waals surface area contributed by atoms with Crippen molar-refractivity contribution in [1.29, 1.82) is 0 Å². The van der Waals surface area contributed by atoms with Gasteiger partial charge in [-0.3, -0.25) is 4.40 Å². The highest BCUT2D eigenvalue weighted by molar-refractivity contribution is 5.74. The summed E-state index contributed by atoms with van der Waals surface area (Å²) in [6.07, 6.45) is 0.121. The Labute approximate surface area is 146 Å². The van der Waals surface area contributed by atoms with Crippen LogP contribution in [0, 0.1) is 0 Å². The Morgan fingerprint density at radius 1 is 1.19 bits per heavy atom. The number of hydrogen-bond donors (Lipinski definition) is 1. The molecule has 0 bridgehead atoms. The van der Waals surface area contributed by atoms with Gasteiger partial charge in [0.1, 0.15) is 5.75 Å². The second-order valence-electron chi connectivity index (χ2n) is 6.02. The van der Waals surface area contributed by atoms with Gasteiger partial charge in [0.25, 0.3) is 0 Å². The highest BCUT2D eigenvalue weighted by Crippen LogP contribution is 2.35. The first-order valence-corrected chi connectivity index (χ1v) is 8.02. The number of halogens is 3. The van der Waals surface area contributed by atoms with Gasteiger partial charge in [-0.1, -0.05) is 12.1 Å². The van der Waals surface area contributed by atoms with Crippen molar-refractivity contribution in [3.63, 3.8) is 0 Å². The lowest BCUT2D eigenvalue weighted by Crippen LogP contribution is -2.23. The normalized spacial score (nSPS) is 17.8. The molecule has 2 aromatic heterocycles. The second kappa shape index (κ2) is 6.17. The molecule has 0 saturated carbocycles. The molecule has 1 N–H and O–H groups in total. The van der Waals surface area contributed by atoms with Crippen molar-refractivity contribution >= 4 is 11.5 Å². The minimum absolute atomic E-state index is 0.274. The number of para-hydroxylation sites is 1. The van der Waals surface area contributed by atoms with E-state index in [1.807, 2.05) is 4.90 Å². The number of hydrogen-bond acceptors (Lipinski definition) is 5. The van der Waals surface area contributed by atoms with Gasteiger partial charge < -0.3 is 14.7 Å². The Morgan fingerprint density at radius 2 is 2.00 bits per heavy atom. The van der Waals surface area contributed by atoms with Gasteiger partial charge in [0.2, 0.25) is 0 Å². The van der Waals surface area contributed by atoms with Gasteiger partial charge in [0.15, 0.2) is 11.5 Å². The smallest absolute Gasteiger partial charge is 0.405 e. The fraction of sp³-hybridized carbons (Fsp3) is 0.294. The van der Waals surface area contributed by atoms with Crippen LogP contribution in [0.3, 0.4) is 0 Å². The van der Waals surface area contributed by atoms with Crippen LogP contribution in [0.4, 0.5) is 19.0 Å². The molecular weight excluding hydrogens is 349 g/mol. The first-order valence-electron chi connectivity index (χ1n) is 8.02. The second-order valence-corrected chi connectivity index (χ2v) is 6.02. The Morgan fingerprint density at radius 3 is 2.73 bits per heavy atom. The maximum Gasteiger partial charge on any atom is 0.573 e. The first-order chi connectivity index (χ1) is 12.4. The average molecular weight is 364 g/mol. The Balaban J connectivity index is 1.80. The monoisotopic (exact) mass is 364 g/mol. The molecule has 3 heterocycles. The van der Waals surface area contributed by atoms with Gasteiger partial charge in [-0.15, -0.1) is 13.2 Å². The van der Waals surface area contributed by atoms with E-state index in [0.29, 0.717) is 36.7 Å². The largest absolute Gasteiger partial charge is 0.573 e. The van der Waals surface area contributed by atoms with E-state index in [4.69, 9.17) is 0 Å². The summed E-state index contributed by atoms with van der Waals surface area (Å²) < 4.78 is 43.9. The zero-order chi connectivity index (χ0) is 18.3. The molecule has 0 aliphatic carbocycles. The van der Waals surface area contributed by atoms with Crippen LogP contribution in [0.1, 0.15) is 6.42 Å². The molecule has 1 unspecified atom stereocenters. The zero-order valence-corrected chi connectivity index (χ0v) is 13.5. The molecule has 3 aromatic rings. The lowest BCUT2D eigenvalue weighted by molar-refractivity contribution is -0.274. The van der Waals surface area contributed by atoms with Crippen LogP contribution in [0.2, 0.25) is 0 Å². The highest BCUT2D eigenvalue weighted by Gasteiger charge is 2.32. The van der Waals surface area contributed by atoms with Crippen LogP contribution in [0.25, 0.3) is 16.9 Å². The number of benzene rings is 1. The van der Waals surface area contributed by atoms with Crippen LogP contribution >= 0.6 is 0 Å². The summed E-state index contributed by atoms with van der Waals surface area (Å²) in [5, 5.41) is 9.74. The van der Waals surface area contributed by atoms with Crippen molar-refractivity contribution in [2.45, 2.75) is 18.9 Å². The van der Waals surface area contributed by atoms with E-state index in [2.05, 4.69) is 14.7 Å². The zero-order valence-electron chi connectivity index (χ0n) is 13.5. The summed E-state index contributed by atoms with van der Waals surface area (Å²) in [5.41, 5.74) is 1.25. The number of ether oxygens (including phenoxy) is 1. The molecule has 4 rings (SSSR count). The van der Waals surface area contributed by atoms with Crippen molar-refractivity contribution in [3.8, 4) is 17.0 Å². The maximum atomic E-state index is 12.7. The van der Waals surface area contributed by atoms with Gasteiger partial charge in [-0.25, -0.2) is 9.97 Å². The van der Waals surface area contributed by atoms with E-state index in [9.17, 15) is 18.3 Å². The number of aliphatic hydroxyl groups excluding tert-OH is 1. The number of aromatic nitrogens is 3. The van der Waals surface area contributed by atoms with Gasteiger partial charge in [-0.05, 0) is 18.6 Å². The molecule has 1 aliphatic rings. The average Bonchev–Trinajstić information content (AvgIpc) is 3.20. The molecule has 0 amide bonds. The van der Waals surface area contributed by atoms with E-state index in [1.165, 1.54) is 18.3 Å². The van der Waals surface area contributed by atoms with Gasteiger partial charge in [-0.2, -0.15) is 0 Å². The van der Waals surface area contributed by atoms with Gasteiger partial charge >= 0.3 is 6.36 Å².